The summed E-state index contributed by atoms with van der Waals surface area (Å²) < 4.78 is 7.50. The predicted molar refractivity (Wildman–Crippen MR) is 112 cm³/mol. The van der Waals surface area contributed by atoms with E-state index in [9.17, 15) is 0 Å². The van der Waals surface area contributed by atoms with Gasteiger partial charge in [0, 0.05) is 42.3 Å². The number of nitrogens with zero attached hydrogens (tertiary/aromatic N) is 4. The van der Waals surface area contributed by atoms with Crippen molar-refractivity contribution in [2.75, 3.05) is 31.8 Å². The van der Waals surface area contributed by atoms with Crippen LogP contribution in [0, 0.1) is 20.8 Å². The third-order valence-electron chi connectivity index (χ3n) is 4.57. The SMILES string of the molecule is CNCc1c(C)nn(-c2cc(Nc3nc(C)cc(NC)n3)ccc2OC)c1C. The van der Waals surface area contributed by atoms with Crippen molar-refractivity contribution < 1.29 is 4.74 Å². The average Bonchev–Trinajstić information content (AvgIpc) is 2.96. The molecule has 2 heterocycles. The molecule has 0 aliphatic rings. The van der Waals surface area contributed by atoms with E-state index in [2.05, 4.69) is 32.8 Å². The molecule has 0 aliphatic carbocycles. The maximum atomic E-state index is 5.58. The van der Waals surface area contributed by atoms with Crippen LogP contribution in [0.1, 0.15) is 22.6 Å². The largest absolute Gasteiger partial charge is 0.494 e. The molecule has 0 bridgehead atoms. The van der Waals surface area contributed by atoms with Gasteiger partial charge < -0.3 is 20.7 Å². The monoisotopic (exact) mass is 381 g/mol. The van der Waals surface area contributed by atoms with Gasteiger partial charge in [-0.25, -0.2) is 9.67 Å². The third kappa shape index (κ3) is 3.91. The van der Waals surface area contributed by atoms with Crippen LogP contribution in [0.4, 0.5) is 17.5 Å². The smallest absolute Gasteiger partial charge is 0.229 e. The Kier molecular flexibility index (Phi) is 5.79. The van der Waals surface area contributed by atoms with E-state index in [0.29, 0.717) is 5.95 Å². The van der Waals surface area contributed by atoms with E-state index < -0.39 is 0 Å². The number of aromatic nitrogens is 4. The second-order valence-electron chi connectivity index (χ2n) is 6.57. The molecule has 0 aliphatic heterocycles. The van der Waals surface area contributed by atoms with Gasteiger partial charge in [0.15, 0.2) is 0 Å². The summed E-state index contributed by atoms with van der Waals surface area (Å²) in [5.41, 5.74) is 5.84. The van der Waals surface area contributed by atoms with Crippen LogP contribution in [0.25, 0.3) is 5.69 Å². The lowest BCUT2D eigenvalue weighted by molar-refractivity contribution is 0.411. The van der Waals surface area contributed by atoms with E-state index in [1.807, 2.05) is 56.9 Å². The van der Waals surface area contributed by atoms with Gasteiger partial charge in [-0.15, -0.1) is 0 Å². The Labute approximate surface area is 165 Å². The molecular formula is C20H27N7O. The Hall–Kier alpha value is -3.13. The van der Waals surface area contributed by atoms with E-state index in [1.165, 1.54) is 5.56 Å². The van der Waals surface area contributed by atoms with Crippen LogP contribution in [-0.4, -0.2) is 41.0 Å². The molecule has 3 aromatic rings. The third-order valence-corrected chi connectivity index (χ3v) is 4.57. The van der Waals surface area contributed by atoms with Gasteiger partial charge in [0.1, 0.15) is 17.3 Å². The number of benzene rings is 1. The van der Waals surface area contributed by atoms with Gasteiger partial charge >= 0.3 is 0 Å². The summed E-state index contributed by atoms with van der Waals surface area (Å²) in [7, 11) is 5.43. The maximum absolute atomic E-state index is 5.58. The Balaban J connectivity index is 2.02. The zero-order valence-corrected chi connectivity index (χ0v) is 17.2. The van der Waals surface area contributed by atoms with Crippen molar-refractivity contribution in [2.45, 2.75) is 27.3 Å². The minimum absolute atomic E-state index is 0.532. The van der Waals surface area contributed by atoms with Crippen molar-refractivity contribution in [3.05, 3.63) is 46.9 Å². The fraction of sp³-hybridized carbons (Fsp3) is 0.350. The molecular weight excluding hydrogens is 354 g/mol. The highest BCUT2D eigenvalue weighted by Gasteiger charge is 2.16. The normalized spacial score (nSPS) is 10.8. The summed E-state index contributed by atoms with van der Waals surface area (Å²) in [6.45, 7) is 6.79. The zero-order valence-electron chi connectivity index (χ0n) is 17.2. The first-order chi connectivity index (χ1) is 13.5. The first-order valence-corrected chi connectivity index (χ1v) is 9.15. The predicted octanol–water partition coefficient (Wildman–Crippen LogP) is 3.10. The van der Waals surface area contributed by atoms with E-state index in [-0.39, 0.29) is 0 Å². The summed E-state index contributed by atoms with van der Waals surface area (Å²) >= 11 is 0. The molecule has 1 aromatic carbocycles. The molecule has 0 atom stereocenters. The number of rotatable bonds is 7. The van der Waals surface area contributed by atoms with Crippen molar-refractivity contribution in [1.29, 1.82) is 0 Å². The molecule has 0 saturated heterocycles. The standard InChI is InChI=1S/C20H27N7O/c1-12-9-19(22-5)25-20(23-12)24-15-7-8-18(28-6)17(10-15)27-14(3)16(11-21-4)13(2)26-27/h7-10,21H,11H2,1-6H3,(H2,22,23,24,25). The van der Waals surface area contributed by atoms with Gasteiger partial charge in [-0.05, 0) is 46.0 Å². The Morgan fingerprint density at radius 1 is 1.07 bits per heavy atom. The van der Waals surface area contributed by atoms with Crippen LogP contribution >= 0.6 is 0 Å². The molecule has 0 saturated carbocycles. The number of aryl methyl sites for hydroxylation is 2. The van der Waals surface area contributed by atoms with Crippen molar-refractivity contribution in [2.24, 2.45) is 0 Å². The van der Waals surface area contributed by atoms with Gasteiger partial charge in [-0.1, -0.05) is 0 Å². The van der Waals surface area contributed by atoms with E-state index >= 15 is 0 Å². The highest BCUT2D eigenvalue weighted by molar-refractivity contribution is 5.63. The van der Waals surface area contributed by atoms with Crippen LogP contribution in [0.2, 0.25) is 0 Å². The van der Waals surface area contributed by atoms with Gasteiger partial charge in [0.05, 0.1) is 12.8 Å². The van der Waals surface area contributed by atoms with Gasteiger partial charge in [0.25, 0.3) is 0 Å². The van der Waals surface area contributed by atoms with Crippen LogP contribution in [0.3, 0.4) is 0 Å². The first-order valence-electron chi connectivity index (χ1n) is 9.15. The molecule has 2 aromatic heterocycles. The molecule has 3 rings (SSSR count). The summed E-state index contributed by atoms with van der Waals surface area (Å²) in [6.07, 6.45) is 0. The minimum atomic E-state index is 0.532. The van der Waals surface area contributed by atoms with Crippen LogP contribution < -0.4 is 20.7 Å². The minimum Gasteiger partial charge on any atom is -0.494 e. The van der Waals surface area contributed by atoms with Gasteiger partial charge in [0.2, 0.25) is 5.95 Å². The number of hydrogen-bond acceptors (Lipinski definition) is 7. The quantitative estimate of drug-likeness (QED) is 0.579. The Morgan fingerprint density at radius 3 is 2.54 bits per heavy atom. The first kappa shape index (κ1) is 19.6. The van der Waals surface area contributed by atoms with Crippen LogP contribution in [0.5, 0.6) is 5.75 Å². The molecule has 28 heavy (non-hydrogen) atoms. The van der Waals surface area contributed by atoms with E-state index in [4.69, 9.17) is 9.84 Å². The highest BCUT2D eigenvalue weighted by Crippen LogP contribution is 2.30. The molecule has 0 unspecified atom stereocenters. The number of nitrogens with one attached hydrogen (secondary N) is 3. The average molecular weight is 381 g/mol. The molecule has 148 valence electrons. The van der Waals surface area contributed by atoms with Gasteiger partial charge in [-0.3, -0.25) is 0 Å². The molecule has 0 spiro atoms. The van der Waals surface area contributed by atoms with Crippen LogP contribution in [-0.2, 0) is 6.54 Å². The highest BCUT2D eigenvalue weighted by atomic mass is 16.5. The Morgan fingerprint density at radius 2 is 1.86 bits per heavy atom. The van der Waals surface area contributed by atoms with Crippen molar-refractivity contribution in [3.63, 3.8) is 0 Å². The van der Waals surface area contributed by atoms with Crippen molar-refractivity contribution >= 4 is 17.5 Å². The molecule has 0 radical (unpaired) electrons. The summed E-state index contributed by atoms with van der Waals surface area (Å²) in [6, 6.07) is 7.74. The lowest BCUT2D eigenvalue weighted by atomic mass is 10.2. The maximum Gasteiger partial charge on any atom is 0.229 e. The van der Waals surface area contributed by atoms with E-state index in [1.54, 1.807) is 7.11 Å². The van der Waals surface area contributed by atoms with E-state index in [0.717, 1.165) is 46.6 Å². The summed E-state index contributed by atoms with van der Waals surface area (Å²) in [5, 5.41) is 14.2. The second kappa shape index (κ2) is 8.26. The molecule has 0 fully saturated rings. The molecule has 8 heteroatoms. The lowest BCUT2D eigenvalue weighted by Gasteiger charge is -2.14. The molecule has 3 N–H and O–H groups in total. The lowest BCUT2D eigenvalue weighted by Crippen LogP contribution is -2.08. The number of methoxy groups -OCH3 is 1. The Bertz CT molecular complexity index is 981. The fourth-order valence-corrected chi connectivity index (χ4v) is 3.16. The number of anilines is 3. The molecule has 8 nitrogen and oxygen atoms in total. The van der Waals surface area contributed by atoms with Crippen LogP contribution in [0.15, 0.2) is 24.3 Å². The summed E-state index contributed by atoms with van der Waals surface area (Å²) in [5.74, 6) is 2.04. The van der Waals surface area contributed by atoms with Crippen molar-refractivity contribution in [1.82, 2.24) is 25.1 Å². The zero-order chi connectivity index (χ0) is 20.3. The molecule has 0 amide bonds. The fourth-order valence-electron chi connectivity index (χ4n) is 3.16. The number of ether oxygens (including phenoxy) is 1. The summed E-state index contributed by atoms with van der Waals surface area (Å²) in [4.78, 5) is 8.92. The second-order valence-corrected chi connectivity index (χ2v) is 6.57. The van der Waals surface area contributed by atoms with Crippen molar-refractivity contribution in [3.8, 4) is 11.4 Å². The topological polar surface area (TPSA) is 88.9 Å². The van der Waals surface area contributed by atoms with Gasteiger partial charge in [-0.2, -0.15) is 10.1 Å². The number of hydrogen-bond donors (Lipinski definition) is 3.